The molecule has 5 nitrogen and oxygen atoms in total. The molecule has 1 aromatic heterocycles. The van der Waals surface area contributed by atoms with Crippen LogP contribution < -0.4 is 0 Å². The molecule has 178 valence electrons. The number of carbonyl (C=O) groups is 1. The van der Waals surface area contributed by atoms with Crippen molar-refractivity contribution in [2.45, 2.75) is 63.8 Å². The van der Waals surface area contributed by atoms with Crippen LogP contribution in [0.5, 0.6) is 0 Å². The first-order valence-corrected chi connectivity index (χ1v) is 11.7. The highest BCUT2D eigenvalue weighted by Crippen LogP contribution is 2.45. The second kappa shape index (κ2) is 10.5. The minimum absolute atomic E-state index is 0.00927. The molecule has 0 spiro atoms. The quantitative estimate of drug-likeness (QED) is 0.416. The van der Waals surface area contributed by atoms with Crippen LogP contribution in [-0.4, -0.2) is 39.5 Å². The van der Waals surface area contributed by atoms with E-state index in [-0.39, 0.29) is 24.8 Å². The lowest BCUT2D eigenvalue weighted by Gasteiger charge is -2.17. The molecule has 2 N–H and O–H groups in total. The van der Waals surface area contributed by atoms with Crippen molar-refractivity contribution in [1.29, 1.82) is 0 Å². The molecule has 1 aliphatic rings. The maximum Gasteiger partial charge on any atom is 0.308 e. The Morgan fingerprint density at radius 1 is 1.15 bits per heavy atom. The van der Waals surface area contributed by atoms with Crippen LogP contribution in [0.2, 0.25) is 0 Å². The number of fused-ring (bicyclic) bond motifs is 1. The molecule has 2 unspecified atom stereocenters. The Labute approximate surface area is 198 Å². The number of aliphatic hydroxyl groups excluding tert-OH is 2. The molecular weight excluding hydrogens is 433 g/mol. The topological polar surface area (TPSA) is 79.7 Å². The van der Waals surface area contributed by atoms with Gasteiger partial charge in [-0.3, -0.25) is 9.78 Å². The smallest absolute Gasteiger partial charge is 0.308 e. The Hall–Kier alpha value is -3.09. The fourth-order valence-corrected chi connectivity index (χ4v) is 4.16. The van der Waals surface area contributed by atoms with E-state index < -0.39 is 18.2 Å². The monoisotopic (exact) mass is 463 g/mol. The molecule has 1 aliphatic carbocycles. The van der Waals surface area contributed by atoms with E-state index in [9.17, 15) is 19.4 Å². The zero-order valence-electron chi connectivity index (χ0n) is 19.4. The van der Waals surface area contributed by atoms with Gasteiger partial charge in [-0.25, -0.2) is 4.39 Å². The van der Waals surface area contributed by atoms with Crippen LogP contribution in [0.1, 0.15) is 56.7 Å². The molecule has 6 heteroatoms. The first-order chi connectivity index (χ1) is 16.3. The van der Waals surface area contributed by atoms with E-state index in [4.69, 9.17) is 9.72 Å². The molecule has 0 amide bonds. The van der Waals surface area contributed by atoms with Crippen molar-refractivity contribution >= 4 is 22.9 Å². The van der Waals surface area contributed by atoms with E-state index in [0.717, 1.165) is 46.1 Å². The molecule has 0 bridgehead atoms. The zero-order chi connectivity index (χ0) is 24.2. The summed E-state index contributed by atoms with van der Waals surface area (Å²) in [6, 6.07) is 14.3. The van der Waals surface area contributed by atoms with Crippen molar-refractivity contribution < 1.29 is 24.1 Å². The van der Waals surface area contributed by atoms with Gasteiger partial charge in [-0.1, -0.05) is 42.5 Å². The maximum absolute atomic E-state index is 13.7. The number of aromatic nitrogens is 1. The van der Waals surface area contributed by atoms with Crippen LogP contribution in [0.25, 0.3) is 28.1 Å². The molecule has 4 rings (SSSR count). The van der Waals surface area contributed by atoms with Gasteiger partial charge in [0.2, 0.25) is 0 Å². The molecule has 2 aromatic carbocycles. The number of para-hydroxylation sites is 1. The first kappa shape index (κ1) is 24.0. The summed E-state index contributed by atoms with van der Waals surface area (Å²) in [5, 5.41) is 21.7. The average Bonchev–Trinajstić information content (AvgIpc) is 3.62. The van der Waals surface area contributed by atoms with E-state index >= 15 is 0 Å². The van der Waals surface area contributed by atoms with Crippen molar-refractivity contribution in [3.05, 3.63) is 71.7 Å². The van der Waals surface area contributed by atoms with Crippen LogP contribution in [-0.2, 0) is 9.53 Å². The summed E-state index contributed by atoms with van der Waals surface area (Å²) in [6.45, 7) is 3.49. The van der Waals surface area contributed by atoms with Crippen LogP contribution in [0.3, 0.4) is 0 Å². The predicted octanol–water partition coefficient (Wildman–Crippen LogP) is 5.39. The third-order valence-corrected chi connectivity index (χ3v) is 5.82. The van der Waals surface area contributed by atoms with Gasteiger partial charge in [0.05, 0.1) is 35.9 Å². The summed E-state index contributed by atoms with van der Waals surface area (Å²) < 4.78 is 18.7. The van der Waals surface area contributed by atoms with E-state index in [2.05, 4.69) is 0 Å². The van der Waals surface area contributed by atoms with Crippen molar-refractivity contribution in [3.63, 3.8) is 0 Å². The number of nitrogens with zero attached hydrogens (tertiary/aromatic N) is 1. The summed E-state index contributed by atoms with van der Waals surface area (Å²) in [6.07, 6.45) is 3.18. The number of esters is 1. The number of hydrogen-bond donors (Lipinski definition) is 2. The number of benzene rings is 2. The molecule has 3 aromatic rings. The summed E-state index contributed by atoms with van der Waals surface area (Å²) in [5.74, 6) is -0.453. The standard InChI is InChI=1S/C28H30FNO4/c1-17(2)34-26(33)16-22(32)15-21(31)13-14-24-27(18-9-11-20(29)12-10-18)23-5-3-4-6-25(23)30-28(24)19-7-8-19/h3-6,9-14,17,19,21-22,31-32H,7-8,15-16H2,1-2H3. The van der Waals surface area contributed by atoms with Gasteiger partial charge in [-0.2, -0.15) is 0 Å². The minimum Gasteiger partial charge on any atom is -0.463 e. The number of pyridine rings is 1. The second-order valence-corrected chi connectivity index (χ2v) is 9.14. The van der Waals surface area contributed by atoms with Crippen molar-refractivity contribution in [3.8, 4) is 11.1 Å². The first-order valence-electron chi connectivity index (χ1n) is 11.7. The Morgan fingerprint density at radius 3 is 2.53 bits per heavy atom. The van der Waals surface area contributed by atoms with E-state index in [1.807, 2.05) is 30.3 Å². The van der Waals surface area contributed by atoms with E-state index in [1.54, 1.807) is 32.1 Å². The Kier molecular flexibility index (Phi) is 7.39. The van der Waals surface area contributed by atoms with Crippen LogP contribution in [0, 0.1) is 5.82 Å². The summed E-state index contributed by atoms with van der Waals surface area (Å²) >= 11 is 0. The number of hydrogen-bond acceptors (Lipinski definition) is 5. The highest BCUT2D eigenvalue weighted by atomic mass is 19.1. The maximum atomic E-state index is 13.7. The van der Waals surface area contributed by atoms with Crippen molar-refractivity contribution in [1.82, 2.24) is 4.98 Å². The number of carbonyl (C=O) groups excluding carboxylic acids is 1. The molecular formula is C28H30FNO4. The Bertz CT molecular complexity index is 1180. The van der Waals surface area contributed by atoms with Crippen LogP contribution in [0.15, 0.2) is 54.6 Å². The molecule has 0 radical (unpaired) electrons. The summed E-state index contributed by atoms with van der Waals surface area (Å²) in [7, 11) is 0. The summed E-state index contributed by atoms with van der Waals surface area (Å²) in [5.41, 5.74) is 4.54. The number of halogens is 1. The van der Waals surface area contributed by atoms with Crippen LogP contribution >= 0.6 is 0 Å². The van der Waals surface area contributed by atoms with Gasteiger partial charge in [0.1, 0.15) is 5.82 Å². The van der Waals surface area contributed by atoms with Crippen molar-refractivity contribution in [2.75, 3.05) is 0 Å². The van der Waals surface area contributed by atoms with Gasteiger partial charge >= 0.3 is 5.97 Å². The zero-order valence-corrected chi connectivity index (χ0v) is 19.4. The number of aliphatic hydroxyl groups is 2. The second-order valence-electron chi connectivity index (χ2n) is 9.14. The third kappa shape index (κ3) is 5.88. The molecule has 0 saturated heterocycles. The van der Waals surface area contributed by atoms with Gasteiger partial charge in [-0.15, -0.1) is 0 Å². The summed E-state index contributed by atoms with van der Waals surface area (Å²) in [4.78, 5) is 16.7. The molecule has 34 heavy (non-hydrogen) atoms. The Morgan fingerprint density at radius 2 is 1.85 bits per heavy atom. The lowest BCUT2D eigenvalue weighted by atomic mass is 9.92. The average molecular weight is 464 g/mol. The van der Waals surface area contributed by atoms with Gasteiger partial charge in [-0.05, 0) is 50.5 Å². The normalized spacial score (nSPS) is 15.7. The lowest BCUT2D eigenvalue weighted by molar-refractivity contribution is -0.149. The third-order valence-electron chi connectivity index (χ3n) is 5.82. The highest BCUT2D eigenvalue weighted by molar-refractivity contribution is 5.99. The van der Waals surface area contributed by atoms with Gasteiger partial charge in [0, 0.05) is 28.9 Å². The highest BCUT2D eigenvalue weighted by Gasteiger charge is 2.29. The largest absolute Gasteiger partial charge is 0.463 e. The van der Waals surface area contributed by atoms with Gasteiger partial charge < -0.3 is 14.9 Å². The van der Waals surface area contributed by atoms with E-state index in [0.29, 0.717) is 5.92 Å². The lowest BCUT2D eigenvalue weighted by Crippen LogP contribution is -2.22. The minimum atomic E-state index is -1.01. The predicted molar refractivity (Wildman–Crippen MR) is 131 cm³/mol. The fraction of sp³-hybridized carbons (Fsp3) is 0.357. The van der Waals surface area contributed by atoms with E-state index in [1.165, 1.54) is 12.1 Å². The SMILES string of the molecule is CC(C)OC(=O)CC(O)CC(O)C=Cc1c(C2CC2)nc2ccccc2c1-c1ccc(F)cc1. The molecule has 1 heterocycles. The van der Waals surface area contributed by atoms with Gasteiger partial charge in [0.15, 0.2) is 0 Å². The molecule has 1 saturated carbocycles. The molecule has 1 fully saturated rings. The number of rotatable bonds is 9. The van der Waals surface area contributed by atoms with Gasteiger partial charge in [0.25, 0.3) is 0 Å². The van der Waals surface area contributed by atoms with Crippen molar-refractivity contribution in [2.24, 2.45) is 0 Å². The number of ether oxygens (including phenoxy) is 1. The molecule has 0 aliphatic heterocycles. The Balaban J connectivity index is 1.66. The van der Waals surface area contributed by atoms with Crippen LogP contribution in [0.4, 0.5) is 4.39 Å². The molecule has 2 atom stereocenters. The fourth-order valence-electron chi connectivity index (χ4n) is 4.16.